The summed E-state index contributed by atoms with van der Waals surface area (Å²) in [7, 11) is 5.99. The quantitative estimate of drug-likeness (QED) is 0.0211. The average molecular weight is 1280 g/mol. The predicted octanol–water partition coefficient (Wildman–Crippen LogP) is 25.3. The summed E-state index contributed by atoms with van der Waals surface area (Å²) in [6.07, 6.45) is 92.8. The monoisotopic (exact) mass is 1280 g/mol. The maximum atomic E-state index is 13.0. The molecule has 0 amide bonds. The molecule has 0 saturated heterocycles. The van der Waals surface area contributed by atoms with Crippen molar-refractivity contribution in [1.82, 2.24) is 0 Å². The third-order valence-corrected chi connectivity index (χ3v) is 18.1. The highest BCUT2D eigenvalue weighted by Gasteiger charge is 2.25. The number of quaternary nitrogens is 1. The molecular formula is C82H154NO8+. The number of nitrogens with zero attached hydrogens (tertiary/aromatic N) is 1. The van der Waals surface area contributed by atoms with Gasteiger partial charge in [0.1, 0.15) is 13.2 Å². The predicted molar refractivity (Wildman–Crippen MR) is 392 cm³/mol. The van der Waals surface area contributed by atoms with Gasteiger partial charge in [-0.15, -0.1) is 0 Å². The topological polar surface area (TPSA) is 108 Å². The number of hydrogen-bond acceptors (Lipinski definition) is 7. The van der Waals surface area contributed by atoms with Crippen LogP contribution in [0, 0.1) is 0 Å². The van der Waals surface area contributed by atoms with Gasteiger partial charge in [-0.05, 0) is 51.4 Å². The molecule has 0 radical (unpaired) electrons. The molecule has 9 heteroatoms. The second-order valence-corrected chi connectivity index (χ2v) is 28.4. The average Bonchev–Trinajstić information content (AvgIpc) is 3.46. The fourth-order valence-electron chi connectivity index (χ4n) is 12.1. The molecule has 0 aromatic carbocycles. The minimum absolute atomic E-state index is 0.178. The third-order valence-electron chi connectivity index (χ3n) is 18.1. The first-order chi connectivity index (χ1) is 44.6. The van der Waals surface area contributed by atoms with E-state index in [1.165, 1.54) is 308 Å². The Kier molecular flexibility index (Phi) is 70.9. The first-order valence-electron chi connectivity index (χ1n) is 39.8. The number of carbonyl (C=O) groups is 3. The Morgan fingerprint density at radius 2 is 0.626 bits per heavy atom. The van der Waals surface area contributed by atoms with Crippen molar-refractivity contribution in [3.63, 3.8) is 0 Å². The van der Waals surface area contributed by atoms with Gasteiger partial charge in [-0.1, -0.05) is 383 Å². The number of hydrogen-bond donors (Lipinski definition) is 1. The zero-order chi connectivity index (χ0) is 66.1. The number of unbranched alkanes of at least 4 members (excludes halogenated alkanes) is 52. The molecule has 0 saturated carbocycles. The fraction of sp³-hybridized carbons (Fsp3) is 0.866. The van der Waals surface area contributed by atoms with Crippen LogP contribution in [0.1, 0.15) is 399 Å². The van der Waals surface area contributed by atoms with Gasteiger partial charge in [0.15, 0.2) is 6.10 Å². The van der Waals surface area contributed by atoms with Gasteiger partial charge < -0.3 is 28.5 Å². The van der Waals surface area contributed by atoms with Crippen molar-refractivity contribution in [3.8, 4) is 0 Å². The van der Waals surface area contributed by atoms with Crippen LogP contribution in [0.3, 0.4) is 0 Å². The summed E-state index contributed by atoms with van der Waals surface area (Å²) in [5.41, 5.74) is 0. The minimum Gasteiger partial charge on any atom is -0.477 e. The van der Waals surface area contributed by atoms with Crippen LogP contribution in [0.5, 0.6) is 0 Å². The van der Waals surface area contributed by atoms with Crippen LogP contribution in [-0.4, -0.2) is 87.4 Å². The lowest BCUT2D eigenvalue weighted by atomic mass is 10.0. The molecule has 0 aromatic rings. The van der Waals surface area contributed by atoms with Crippen LogP contribution in [0.15, 0.2) is 48.6 Å². The summed E-state index contributed by atoms with van der Waals surface area (Å²) in [4.78, 5) is 37.7. The second kappa shape index (κ2) is 73.1. The van der Waals surface area contributed by atoms with Crippen molar-refractivity contribution in [1.29, 1.82) is 0 Å². The van der Waals surface area contributed by atoms with E-state index in [4.69, 9.17) is 18.9 Å². The number of esters is 2. The lowest BCUT2D eigenvalue weighted by Crippen LogP contribution is -2.40. The van der Waals surface area contributed by atoms with Crippen molar-refractivity contribution < 1.29 is 42.9 Å². The van der Waals surface area contributed by atoms with Gasteiger partial charge in [0.25, 0.3) is 6.29 Å². The smallest absolute Gasteiger partial charge is 0.361 e. The standard InChI is InChI=1S/C82H153NO8/c1-6-8-10-12-14-16-18-20-22-24-26-28-30-32-34-35-36-37-38-39-40-41-42-43-44-45-47-48-50-52-54-56-58-60-62-64-66-68-70-72-79(84)89-76-78(77-90-82(81(86)87)88-75-74-83(3,4)5)91-80(85)73-71-69-67-65-63-61-59-57-55-53-51-49-46-33-31-29-27-25-23-21-19-17-15-13-11-9-7-2/h9,11,15,17,21,23,27,29,78,82H,6-8,10,12-14,16,18-20,22,24-26,28,30-77H2,1-5H3/p+1/b11-9-,17-15-,23-21-,29-27-. The van der Waals surface area contributed by atoms with Crippen molar-refractivity contribution in [2.24, 2.45) is 0 Å². The van der Waals surface area contributed by atoms with E-state index in [0.29, 0.717) is 17.4 Å². The number of carboxylic acids is 1. The molecule has 0 aliphatic carbocycles. The number of likely N-dealkylation sites (N-methyl/N-ethyl adjacent to an activating group) is 1. The van der Waals surface area contributed by atoms with E-state index in [1.54, 1.807) is 0 Å². The molecule has 2 unspecified atom stereocenters. The van der Waals surface area contributed by atoms with Gasteiger partial charge in [-0.3, -0.25) is 9.59 Å². The van der Waals surface area contributed by atoms with E-state index in [1.807, 2.05) is 21.1 Å². The number of allylic oxidation sites excluding steroid dienone is 8. The van der Waals surface area contributed by atoms with Crippen molar-refractivity contribution >= 4 is 17.9 Å². The summed E-state index contributed by atoms with van der Waals surface area (Å²) in [5.74, 6) is -1.98. The highest BCUT2D eigenvalue weighted by Crippen LogP contribution is 2.20. The molecule has 0 aromatic heterocycles. The number of carbonyl (C=O) groups excluding carboxylic acids is 2. The highest BCUT2D eigenvalue weighted by atomic mass is 16.7. The number of carboxylic acid groups (broad SMARTS) is 1. The normalized spacial score (nSPS) is 12.8. The van der Waals surface area contributed by atoms with Crippen LogP contribution in [0.2, 0.25) is 0 Å². The van der Waals surface area contributed by atoms with E-state index >= 15 is 0 Å². The maximum Gasteiger partial charge on any atom is 0.361 e. The van der Waals surface area contributed by atoms with Crippen molar-refractivity contribution in [3.05, 3.63) is 48.6 Å². The van der Waals surface area contributed by atoms with Gasteiger partial charge in [-0.25, -0.2) is 4.79 Å². The Bertz CT molecular complexity index is 1630. The highest BCUT2D eigenvalue weighted by molar-refractivity contribution is 5.71. The third kappa shape index (κ3) is 74.5. The van der Waals surface area contributed by atoms with Crippen LogP contribution in [-0.2, 0) is 33.3 Å². The first kappa shape index (κ1) is 88.2. The number of aliphatic carboxylic acids is 1. The van der Waals surface area contributed by atoms with Gasteiger partial charge in [0.05, 0.1) is 34.4 Å². The van der Waals surface area contributed by atoms with Gasteiger partial charge in [0, 0.05) is 12.8 Å². The van der Waals surface area contributed by atoms with E-state index < -0.39 is 18.4 Å². The van der Waals surface area contributed by atoms with Crippen molar-refractivity contribution in [2.75, 3.05) is 47.5 Å². The van der Waals surface area contributed by atoms with Gasteiger partial charge in [-0.2, -0.15) is 0 Å². The molecule has 0 bridgehead atoms. The molecule has 9 nitrogen and oxygen atoms in total. The lowest BCUT2D eigenvalue weighted by molar-refractivity contribution is -0.870. The Morgan fingerprint density at radius 3 is 0.934 bits per heavy atom. The molecule has 0 aliphatic heterocycles. The Balaban J connectivity index is 3.94. The van der Waals surface area contributed by atoms with E-state index in [2.05, 4.69) is 62.5 Å². The molecular weight excluding hydrogens is 1130 g/mol. The number of ether oxygens (including phenoxy) is 4. The second-order valence-electron chi connectivity index (χ2n) is 28.4. The molecule has 0 rings (SSSR count). The van der Waals surface area contributed by atoms with Crippen LogP contribution >= 0.6 is 0 Å². The Morgan fingerprint density at radius 1 is 0.341 bits per heavy atom. The van der Waals surface area contributed by atoms with Crippen molar-refractivity contribution in [2.45, 2.75) is 411 Å². The molecule has 0 fully saturated rings. The number of rotatable bonds is 75. The van der Waals surface area contributed by atoms with E-state index in [9.17, 15) is 19.5 Å². The molecule has 2 atom stereocenters. The molecule has 0 spiro atoms. The molecule has 0 aliphatic rings. The zero-order valence-electron chi connectivity index (χ0n) is 61.3. The fourth-order valence-corrected chi connectivity index (χ4v) is 12.1. The molecule has 91 heavy (non-hydrogen) atoms. The SMILES string of the molecule is CC/C=C\C/C=C\C/C=C\C/C=C\CCCCCCCCCCCCCCCCC(=O)OC(COC(=O)CCCCCCCCCCCCCCCCCCCCCCCCCCCCCCCCCCCCCCCCC)COC(OCC[N+](C)(C)C)C(=O)O. The van der Waals surface area contributed by atoms with Crippen LogP contribution in [0.25, 0.3) is 0 Å². The summed E-state index contributed by atoms with van der Waals surface area (Å²) < 4.78 is 23.0. The van der Waals surface area contributed by atoms with E-state index in [-0.39, 0.29) is 38.2 Å². The lowest BCUT2D eigenvalue weighted by Gasteiger charge is -2.25. The first-order valence-corrected chi connectivity index (χ1v) is 39.8. The zero-order valence-corrected chi connectivity index (χ0v) is 61.3. The molecule has 0 heterocycles. The summed E-state index contributed by atoms with van der Waals surface area (Å²) >= 11 is 0. The molecule has 534 valence electrons. The van der Waals surface area contributed by atoms with Gasteiger partial charge in [0.2, 0.25) is 0 Å². The Hall–Kier alpha value is -2.75. The Labute approximate surface area is 565 Å². The largest absolute Gasteiger partial charge is 0.477 e. The summed E-state index contributed by atoms with van der Waals surface area (Å²) in [6, 6.07) is 0. The minimum atomic E-state index is -1.51. The summed E-state index contributed by atoms with van der Waals surface area (Å²) in [6.45, 7) is 4.84. The maximum absolute atomic E-state index is 13.0. The van der Waals surface area contributed by atoms with E-state index in [0.717, 1.165) is 64.2 Å². The van der Waals surface area contributed by atoms with Gasteiger partial charge >= 0.3 is 17.9 Å². The van der Waals surface area contributed by atoms with Crippen LogP contribution in [0.4, 0.5) is 0 Å². The summed E-state index contributed by atoms with van der Waals surface area (Å²) in [5, 5.41) is 9.77. The van der Waals surface area contributed by atoms with Crippen LogP contribution < -0.4 is 0 Å². The molecule has 1 N–H and O–H groups in total.